The van der Waals surface area contributed by atoms with Gasteiger partial charge in [-0.2, -0.15) is 0 Å². The molecule has 2 saturated carbocycles. The third kappa shape index (κ3) is 2.52. The predicted octanol–water partition coefficient (Wildman–Crippen LogP) is 4.58. The molecule has 2 bridgehead atoms. The zero-order chi connectivity index (χ0) is 19.6. The minimum absolute atomic E-state index is 0.0322. The summed E-state index contributed by atoms with van der Waals surface area (Å²) in [5.74, 6) is 0.348. The Balaban J connectivity index is 1.44. The van der Waals surface area contributed by atoms with Gasteiger partial charge in [-0.25, -0.2) is 0 Å². The summed E-state index contributed by atoms with van der Waals surface area (Å²) in [7, 11) is 0. The van der Waals surface area contributed by atoms with Gasteiger partial charge < -0.3 is 0 Å². The first-order valence-corrected chi connectivity index (χ1v) is 10.5. The number of hydrogen-bond acceptors (Lipinski definition) is 3. The molecule has 142 valence electrons. The van der Waals surface area contributed by atoms with Crippen LogP contribution in [0.5, 0.6) is 0 Å². The number of imide groups is 1. The largest absolute Gasteiger partial charge is 0.295 e. The van der Waals surface area contributed by atoms with E-state index in [9.17, 15) is 14.4 Å². The van der Waals surface area contributed by atoms with Gasteiger partial charge in [0.25, 0.3) is 0 Å². The molecule has 0 radical (unpaired) electrons. The summed E-state index contributed by atoms with van der Waals surface area (Å²) >= 11 is 3.40. The molecule has 3 fully saturated rings. The molecule has 2 amide bonds. The van der Waals surface area contributed by atoms with Crippen molar-refractivity contribution in [1.82, 2.24) is 0 Å². The van der Waals surface area contributed by atoms with Crippen LogP contribution >= 0.6 is 15.9 Å². The molecule has 3 aliphatic rings. The van der Waals surface area contributed by atoms with Crippen molar-refractivity contribution in [3.63, 3.8) is 0 Å². The van der Waals surface area contributed by atoms with Gasteiger partial charge in [-0.1, -0.05) is 40.2 Å². The highest BCUT2D eigenvalue weighted by Crippen LogP contribution is 2.61. The second-order valence-corrected chi connectivity index (χ2v) is 9.14. The number of rotatable bonds is 3. The van der Waals surface area contributed by atoms with Crippen LogP contribution in [0, 0.1) is 23.7 Å². The smallest absolute Gasteiger partial charge is 0.237 e. The first kappa shape index (κ1) is 17.8. The van der Waals surface area contributed by atoms with Crippen LogP contribution in [0.1, 0.15) is 41.6 Å². The Kier molecular flexibility index (Phi) is 4.05. The number of amides is 2. The molecule has 2 aliphatic carbocycles. The molecule has 4 nitrogen and oxygen atoms in total. The van der Waals surface area contributed by atoms with E-state index in [4.69, 9.17) is 0 Å². The molecule has 1 aliphatic heterocycles. The average Bonchev–Trinajstić information content (AvgIpc) is 3.34. The van der Waals surface area contributed by atoms with Crippen LogP contribution in [0.4, 0.5) is 5.69 Å². The van der Waals surface area contributed by atoms with Crippen molar-refractivity contribution in [2.75, 3.05) is 4.90 Å². The highest BCUT2D eigenvalue weighted by atomic mass is 79.9. The van der Waals surface area contributed by atoms with Gasteiger partial charge in [0.2, 0.25) is 11.8 Å². The van der Waals surface area contributed by atoms with E-state index >= 15 is 0 Å². The summed E-state index contributed by atoms with van der Waals surface area (Å²) in [6.45, 7) is 1.57. The Hall–Kier alpha value is -2.27. The van der Waals surface area contributed by atoms with E-state index in [2.05, 4.69) is 15.9 Å². The third-order valence-corrected chi connectivity index (χ3v) is 7.37. The normalized spacial score (nSPS) is 30.8. The number of fused-ring (bicyclic) bond motifs is 5. The predicted molar refractivity (Wildman–Crippen MR) is 109 cm³/mol. The van der Waals surface area contributed by atoms with E-state index in [1.54, 1.807) is 6.92 Å². The number of nitrogens with zero attached hydrogens (tertiary/aromatic N) is 1. The summed E-state index contributed by atoms with van der Waals surface area (Å²) < 4.78 is 0.921. The van der Waals surface area contributed by atoms with Crippen molar-refractivity contribution in [2.45, 2.75) is 25.7 Å². The van der Waals surface area contributed by atoms with Crippen LogP contribution in [0.3, 0.4) is 0 Å². The first-order chi connectivity index (χ1) is 13.5. The van der Waals surface area contributed by atoms with Gasteiger partial charge in [0.15, 0.2) is 5.78 Å². The fourth-order valence-corrected chi connectivity index (χ4v) is 5.92. The van der Waals surface area contributed by atoms with Crippen molar-refractivity contribution in [2.24, 2.45) is 23.7 Å². The van der Waals surface area contributed by atoms with Crippen LogP contribution in [-0.4, -0.2) is 17.6 Å². The maximum absolute atomic E-state index is 13.2. The van der Waals surface area contributed by atoms with Crippen molar-refractivity contribution in [3.8, 4) is 0 Å². The molecule has 1 heterocycles. The molecule has 2 aromatic carbocycles. The molecule has 0 aromatic heterocycles. The quantitative estimate of drug-likeness (QED) is 0.521. The highest BCUT2D eigenvalue weighted by Gasteiger charge is 2.64. The van der Waals surface area contributed by atoms with Crippen LogP contribution in [0.2, 0.25) is 0 Å². The maximum atomic E-state index is 13.2. The third-order valence-electron chi connectivity index (χ3n) is 6.85. The lowest BCUT2D eigenvalue weighted by Gasteiger charge is -2.29. The van der Waals surface area contributed by atoms with Crippen molar-refractivity contribution in [3.05, 3.63) is 64.1 Å². The lowest BCUT2D eigenvalue weighted by atomic mass is 9.72. The van der Waals surface area contributed by atoms with Crippen molar-refractivity contribution < 1.29 is 14.4 Å². The first-order valence-electron chi connectivity index (χ1n) is 9.70. The maximum Gasteiger partial charge on any atom is 0.237 e. The Morgan fingerprint density at radius 1 is 0.929 bits per heavy atom. The SMILES string of the molecule is CC(=O)c1ccc([C@@H]2C[C@H]3C[C@H]2[C@@H]2C(=O)N(c4ccc(Br)cc4)C(=O)[C@@H]32)cc1. The fourth-order valence-electron chi connectivity index (χ4n) is 5.65. The van der Waals surface area contributed by atoms with E-state index in [0.717, 1.165) is 17.3 Å². The summed E-state index contributed by atoms with van der Waals surface area (Å²) in [6.07, 6.45) is 1.89. The second-order valence-electron chi connectivity index (χ2n) is 8.22. The number of anilines is 1. The van der Waals surface area contributed by atoms with Crippen molar-refractivity contribution >= 4 is 39.2 Å². The van der Waals surface area contributed by atoms with Gasteiger partial charge in [0.1, 0.15) is 0 Å². The zero-order valence-corrected chi connectivity index (χ0v) is 17.1. The standard InChI is InChI=1S/C23H20BrNO3/c1-12(26)13-2-4-14(5-3-13)18-10-15-11-19(18)21-20(15)22(27)25(23(21)28)17-8-6-16(24)7-9-17/h2-9,15,18-21H,10-11H2,1H3/t15-,18-,19+,20-,21-/m0/s1. The topological polar surface area (TPSA) is 54.5 Å². The molecule has 5 heteroatoms. The van der Waals surface area contributed by atoms with Gasteiger partial charge in [-0.05, 0) is 67.3 Å². The molecule has 2 aromatic rings. The van der Waals surface area contributed by atoms with Crippen LogP contribution < -0.4 is 4.90 Å². The van der Waals surface area contributed by atoms with E-state index in [-0.39, 0.29) is 47.2 Å². The molecule has 1 saturated heterocycles. The molecule has 28 heavy (non-hydrogen) atoms. The van der Waals surface area contributed by atoms with E-state index < -0.39 is 0 Å². The number of ketones is 1. The minimum Gasteiger partial charge on any atom is -0.295 e. The molecular weight excluding hydrogens is 418 g/mol. The van der Waals surface area contributed by atoms with Crippen LogP contribution in [-0.2, 0) is 9.59 Å². The summed E-state index contributed by atoms with van der Waals surface area (Å²) in [5, 5.41) is 0. The zero-order valence-electron chi connectivity index (χ0n) is 15.5. The fraction of sp³-hybridized carbons (Fsp3) is 0.348. The average molecular weight is 438 g/mol. The second kappa shape index (κ2) is 6.38. The molecule has 0 N–H and O–H groups in total. The number of hydrogen-bond donors (Lipinski definition) is 0. The Labute approximate surface area is 172 Å². The number of Topliss-reactive ketones (excluding diaryl/α,β-unsaturated/α-hetero) is 1. The summed E-state index contributed by atoms with van der Waals surface area (Å²) in [6, 6.07) is 15.1. The van der Waals surface area contributed by atoms with Gasteiger partial charge >= 0.3 is 0 Å². The Morgan fingerprint density at radius 2 is 1.57 bits per heavy atom. The lowest BCUT2D eigenvalue weighted by molar-refractivity contribution is -0.123. The van der Waals surface area contributed by atoms with Gasteiger partial charge in [-0.15, -0.1) is 0 Å². The van der Waals surface area contributed by atoms with Crippen LogP contribution in [0.25, 0.3) is 0 Å². The summed E-state index contributed by atoms with van der Waals surface area (Å²) in [5.41, 5.74) is 2.55. The highest BCUT2D eigenvalue weighted by molar-refractivity contribution is 9.10. The lowest BCUT2D eigenvalue weighted by Crippen LogP contribution is -2.32. The van der Waals surface area contributed by atoms with E-state index in [1.165, 1.54) is 10.5 Å². The molecule has 5 rings (SSSR count). The number of carbonyl (C=O) groups excluding carboxylic acids is 3. The molecule has 0 unspecified atom stereocenters. The molecule has 0 spiro atoms. The van der Waals surface area contributed by atoms with Crippen LogP contribution in [0.15, 0.2) is 53.0 Å². The Bertz CT molecular complexity index is 982. The van der Waals surface area contributed by atoms with Crippen molar-refractivity contribution in [1.29, 1.82) is 0 Å². The molecular formula is C23H20BrNO3. The Morgan fingerprint density at radius 3 is 2.21 bits per heavy atom. The summed E-state index contributed by atoms with van der Waals surface area (Å²) in [4.78, 5) is 39.3. The number of benzene rings is 2. The number of carbonyl (C=O) groups is 3. The van der Waals surface area contributed by atoms with Gasteiger partial charge in [-0.3, -0.25) is 19.3 Å². The van der Waals surface area contributed by atoms with E-state index in [1.807, 2.05) is 48.5 Å². The van der Waals surface area contributed by atoms with Gasteiger partial charge in [0, 0.05) is 10.0 Å². The van der Waals surface area contributed by atoms with Gasteiger partial charge in [0.05, 0.1) is 17.5 Å². The molecule has 5 atom stereocenters. The monoisotopic (exact) mass is 437 g/mol. The minimum atomic E-state index is -0.215. The van der Waals surface area contributed by atoms with E-state index in [0.29, 0.717) is 11.3 Å². The number of halogens is 1.